The molecular weight excluding hydrogens is 312 g/mol. The van der Waals surface area contributed by atoms with Crippen LogP contribution in [0.3, 0.4) is 0 Å². The lowest BCUT2D eigenvalue weighted by Crippen LogP contribution is -2.10. The maximum atomic E-state index is 5.93. The third-order valence-corrected chi connectivity index (χ3v) is 3.61. The fourth-order valence-corrected chi connectivity index (χ4v) is 2.22. The lowest BCUT2D eigenvalue weighted by Gasteiger charge is -2.14. The number of halogens is 2. The van der Waals surface area contributed by atoms with Crippen molar-refractivity contribution < 1.29 is 0 Å². The highest BCUT2D eigenvalue weighted by molar-refractivity contribution is 9.10. The van der Waals surface area contributed by atoms with E-state index in [4.69, 9.17) is 11.6 Å². The maximum absolute atomic E-state index is 5.93. The van der Waals surface area contributed by atoms with Crippen LogP contribution in [0.25, 0.3) is 0 Å². The molecule has 1 unspecified atom stereocenters. The van der Waals surface area contributed by atoms with Gasteiger partial charge in [-0.3, -0.25) is 0 Å². The monoisotopic (exact) mass is 324 g/mol. The number of anilines is 1. The molecule has 0 bridgehead atoms. The van der Waals surface area contributed by atoms with E-state index in [2.05, 4.69) is 57.4 Å². The minimum Gasteiger partial charge on any atom is -0.382 e. The molecule has 0 amide bonds. The second-order valence-corrected chi connectivity index (χ2v) is 5.37. The zero-order chi connectivity index (χ0) is 13.0. The molecule has 0 radical (unpaired) electrons. The van der Waals surface area contributed by atoms with Gasteiger partial charge in [-0.1, -0.05) is 48.9 Å². The zero-order valence-electron chi connectivity index (χ0n) is 10.0. The fraction of sp³-hybridized carbons (Fsp3) is 0.214. The lowest BCUT2D eigenvalue weighted by molar-refractivity contribution is 0.804. The van der Waals surface area contributed by atoms with E-state index in [1.165, 1.54) is 5.56 Å². The van der Waals surface area contributed by atoms with Crippen molar-refractivity contribution in [2.45, 2.75) is 12.8 Å². The van der Waals surface area contributed by atoms with Gasteiger partial charge in [0, 0.05) is 12.7 Å². The Morgan fingerprint density at radius 1 is 1.33 bits per heavy atom. The summed E-state index contributed by atoms with van der Waals surface area (Å²) in [6.07, 6.45) is 1.62. The number of nitrogens with zero attached hydrogens (tertiary/aromatic N) is 1. The van der Waals surface area contributed by atoms with Gasteiger partial charge in [0.15, 0.2) is 0 Å². The summed E-state index contributed by atoms with van der Waals surface area (Å²) in [5.41, 5.74) is 2.24. The molecule has 1 aromatic heterocycles. The predicted octanol–water partition coefficient (Wildman–Crippen LogP) is 4.71. The Morgan fingerprint density at radius 2 is 2.06 bits per heavy atom. The first-order chi connectivity index (χ1) is 8.66. The molecule has 0 aliphatic carbocycles. The zero-order valence-corrected chi connectivity index (χ0v) is 12.4. The molecule has 0 aliphatic heterocycles. The molecular formula is C14H14BrClN2. The molecule has 94 valence electrons. The van der Waals surface area contributed by atoms with Crippen LogP contribution in [0.5, 0.6) is 0 Å². The van der Waals surface area contributed by atoms with Crippen LogP contribution in [0, 0.1) is 0 Å². The van der Waals surface area contributed by atoms with E-state index in [9.17, 15) is 0 Å². The van der Waals surface area contributed by atoms with Gasteiger partial charge in [0.05, 0.1) is 10.7 Å². The predicted molar refractivity (Wildman–Crippen MR) is 80.3 cm³/mol. The van der Waals surface area contributed by atoms with Crippen LogP contribution in [-0.4, -0.2) is 11.5 Å². The van der Waals surface area contributed by atoms with E-state index in [0.29, 0.717) is 10.9 Å². The summed E-state index contributed by atoms with van der Waals surface area (Å²) in [7, 11) is 0. The molecule has 0 spiro atoms. The summed E-state index contributed by atoms with van der Waals surface area (Å²) in [5.74, 6) is 0.428. The van der Waals surface area contributed by atoms with E-state index in [1.54, 1.807) is 6.20 Å². The number of rotatable bonds is 4. The second-order valence-electron chi connectivity index (χ2n) is 4.18. The molecule has 0 saturated heterocycles. The highest BCUT2D eigenvalue weighted by Gasteiger charge is 2.07. The lowest BCUT2D eigenvalue weighted by atomic mass is 10.0. The van der Waals surface area contributed by atoms with Gasteiger partial charge < -0.3 is 5.32 Å². The molecule has 18 heavy (non-hydrogen) atoms. The van der Waals surface area contributed by atoms with Crippen molar-refractivity contribution in [1.29, 1.82) is 0 Å². The van der Waals surface area contributed by atoms with Gasteiger partial charge in [-0.2, -0.15) is 0 Å². The van der Waals surface area contributed by atoms with Crippen molar-refractivity contribution in [3.05, 3.63) is 57.8 Å². The third kappa shape index (κ3) is 3.47. The summed E-state index contributed by atoms with van der Waals surface area (Å²) < 4.78 is 0.784. The van der Waals surface area contributed by atoms with E-state index < -0.39 is 0 Å². The number of hydrogen-bond acceptors (Lipinski definition) is 2. The molecule has 1 heterocycles. The van der Waals surface area contributed by atoms with E-state index >= 15 is 0 Å². The van der Waals surface area contributed by atoms with Gasteiger partial charge in [-0.15, -0.1) is 0 Å². The fourth-order valence-electron chi connectivity index (χ4n) is 1.71. The molecule has 2 nitrogen and oxygen atoms in total. The first-order valence-electron chi connectivity index (χ1n) is 5.76. The van der Waals surface area contributed by atoms with Crippen molar-refractivity contribution in [2.24, 2.45) is 0 Å². The van der Waals surface area contributed by atoms with Gasteiger partial charge in [-0.05, 0) is 33.5 Å². The molecule has 4 heteroatoms. The van der Waals surface area contributed by atoms with Crippen LogP contribution in [0.2, 0.25) is 5.02 Å². The molecule has 0 fully saturated rings. The Labute approximate surface area is 121 Å². The minimum absolute atomic E-state index is 0.428. The molecule has 2 aromatic rings. The molecule has 0 aliphatic rings. The average molecular weight is 326 g/mol. The van der Waals surface area contributed by atoms with Crippen LogP contribution >= 0.6 is 27.5 Å². The highest BCUT2D eigenvalue weighted by atomic mass is 79.9. The number of nitrogens with one attached hydrogen (secondary N) is 1. The smallest absolute Gasteiger partial charge is 0.129 e. The van der Waals surface area contributed by atoms with Crippen molar-refractivity contribution in [3.8, 4) is 0 Å². The Hall–Kier alpha value is -1.06. The van der Waals surface area contributed by atoms with E-state index in [1.807, 2.05) is 12.1 Å². The summed E-state index contributed by atoms with van der Waals surface area (Å²) in [5, 5.41) is 3.99. The van der Waals surface area contributed by atoms with Gasteiger partial charge in [-0.25, -0.2) is 4.98 Å². The van der Waals surface area contributed by atoms with Crippen LogP contribution in [0.1, 0.15) is 18.4 Å². The molecule has 1 N–H and O–H groups in total. The standard InChI is InChI=1S/C14H14BrClN2/c1-10(11-5-3-2-4-6-11)8-17-13-7-12(16)9-18-14(13)15/h2-7,9-10,17H,8H2,1H3. The van der Waals surface area contributed by atoms with Crippen molar-refractivity contribution in [3.63, 3.8) is 0 Å². The largest absolute Gasteiger partial charge is 0.382 e. The Morgan fingerprint density at radius 3 is 2.78 bits per heavy atom. The van der Waals surface area contributed by atoms with Gasteiger partial charge in [0.1, 0.15) is 4.60 Å². The summed E-state index contributed by atoms with van der Waals surface area (Å²) in [6.45, 7) is 3.03. The first kappa shape index (κ1) is 13.4. The molecule has 1 atom stereocenters. The van der Waals surface area contributed by atoms with E-state index in [-0.39, 0.29) is 0 Å². The van der Waals surface area contributed by atoms with Crippen LogP contribution < -0.4 is 5.32 Å². The summed E-state index contributed by atoms with van der Waals surface area (Å²) in [6, 6.07) is 12.3. The molecule has 2 rings (SSSR count). The Balaban J connectivity index is 2.01. The minimum atomic E-state index is 0.428. The third-order valence-electron chi connectivity index (χ3n) is 2.77. The van der Waals surface area contributed by atoms with Crippen LogP contribution in [0.15, 0.2) is 47.2 Å². The molecule has 1 aromatic carbocycles. The van der Waals surface area contributed by atoms with Gasteiger partial charge >= 0.3 is 0 Å². The van der Waals surface area contributed by atoms with Crippen molar-refractivity contribution in [2.75, 3.05) is 11.9 Å². The summed E-state index contributed by atoms with van der Waals surface area (Å²) in [4.78, 5) is 4.15. The SMILES string of the molecule is CC(CNc1cc(Cl)cnc1Br)c1ccccc1. The quantitative estimate of drug-likeness (QED) is 0.823. The number of benzene rings is 1. The summed E-state index contributed by atoms with van der Waals surface area (Å²) >= 11 is 9.33. The van der Waals surface area contributed by atoms with Crippen LogP contribution in [0.4, 0.5) is 5.69 Å². The average Bonchev–Trinajstić information content (AvgIpc) is 2.40. The molecule has 0 saturated carbocycles. The Kier molecular flexibility index (Phi) is 4.61. The highest BCUT2D eigenvalue weighted by Crippen LogP contribution is 2.24. The maximum Gasteiger partial charge on any atom is 0.129 e. The second kappa shape index (κ2) is 6.21. The number of pyridine rings is 1. The van der Waals surface area contributed by atoms with E-state index in [0.717, 1.165) is 16.8 Å². The van der Waals surface area contributed by atoms with Crippen LogP contribution in [-0.2, 0) is 0 Å². The van der Waals surface area contributed by atoms with Crippen molar-refractivity contribution >= 4 is 33.2 Å². The first-order valence-corrected chi connectivity index (χ1v) is 6.94. The van der Waals surface area contributed by atoms with Gasteiger partial charge in [0.2, 0.25) is 0 Å². The topological polar surface area (TPSA) is 24.9 Å². The number of hydrogen-bond donors (Lipinski definition) is 1. The van der Waals surface area contributed by atoms with Crippen molar-refractivity contribution in [1.82, 2.24) is 4.98 Å². The number of aromatic nitrogens is 1. The normalized spacial score (nSPS) is 12.2. The van der Waals surface area contributed by atoms with Gasteiger partial charge in [0.25, 0.3) is 0 Å². The Bertz CT molecular complexity index is 516.